The molecule has 0 aliphatic carbocycles. The number of nitrogens with zero attached hydrogens (tertiary/aromatic N) is 2. The second-order valence-electron chi connectivity index (χ2n) is 6.52. The van der Waals surface area contributed by atoms with E-state index >= 15 is 0 Å². The van der Waals surface area contributed by atoms with Crippen molar-refractivity contribution < 1.29 is 4.42 Å². The zero-order valence-corrected chi connectivity index (χ0v) is 15.5. The highest BCUT2D eigenvalue weighted by atomic mass is 35.5. The van der Waals surface area contributed by atoms with Gasteiger partial charge in [-0.15, -0.1) is 21.8 Å². The van der Waals surface area contributed by atoms with E-state index in [9.17, 15) is 0 Å². The highest BCUT2D eigenvalue weighted by Crippen LogP contribution is 2.27. The van der Waals surface area contributed by atoms with Gasteiger partial charge in [-0.3, -0.25) is 5.32 Å². The van der Waals surface area contributed by atoms with Gasteiger partial charge in [0, 0.05) is 18.0 Å². The maximum atomic E-state index is 6.22. The molecule has 1 heterocycles. The van der Waals surface area contributed by atoms with Crippen molar-refractivity contribution in [3.63, 3.8) is 0 Å². The fourth-order valence-electron chi connectivity index (χ4n) is 2.51. The van der Waals surface area contributed by atoms with Crippen molar-refractivity contribution in [1.29, 1.82) is 0 Å². The third-order valence-corrected chi connectivity index (χ3v) is 4.98. The van der Waals surface area contributed by atoms with Crippen LogP contribution >= 0.6 is 11.6 Å². The normalized spacial score (nSPS) is 13.6. The Bertz CT molecular complexity index is 847. The van der Waals surface area contributed by atoms with Gasteiger partial charge in [0.05, 0.1) is 0 Å². The molecule has 1 aromatic heterocycles. The first-order valence-electron chi connectivity index (χ1n) is 8.28. The predicted molar refractivity (Wildman–Crippen MR) is 101 cm³/mol. The maximum Gasteiger partial charge on any atom is 0.247 e. The Morgan fingerprint density at radius 2 is 1.80 bits per heavy atom. The molecule has 0 aliphatic rings. The van der Waals surface area contributed by atoms with Crippen LogP contribution in [0.4, 0.5) is 0 Å². The SMILES string of the molecule is Cc1ccc(-c2nnc(C(C)(CCl)NCc3ccccc3)o2)cc1C. The average molecular weight is 356 g/mol. The fraction of sp³-hybridized carbons (Fsp3) is 0.300. The summed E-state index contributed by atoms with van der Waals surface area (Å²) < 4.78 is 5.94. The Morgan fingerprint density at radius 3 is 2.48 bits per heavy atom. The van der Waals surface area contributed by atoms with Gasteiger partial charge in [-0.2, -0.15) is 0 Å². The van der Waals surface area contributed by atoms with E-state index in [4.69, 9.17) is 16.0 Å². The van der Waals surface area contributed by atoms with E-state index in [1.165, 1.54) is 16.7 Å². The molecule has 3 aromatic rings. The lowest BCUT2D eigenvalue weighted by molar-refractivity contribution is 0.313. The number of aryl methyl sites for hydroxylation is 2. The van der Waals surface area contributed by atoms with Crippen LogP contribution in [0.2, 0.25) is 0 Å². The van der Waals surface area contributed by atoms with Crippen molar-refractivity contribution >= 4 is 11.6 Å². The topological polar surface area (TPSA) is 51.0 Å². The zero-order valence-electron chi connectivity index (χ0n) is 14.7. The summed E-state index contributed by atoms with van der Waals surface area (Å²) in [5.74, 6) is 1.33. The molecule has 0 spiro atoms. The molecule has 0 saturated heterocycles. The highest BCUT2D eigenvalue weighted by molar-refractivity contribution is 6.18. The Labute approximate surface area is 153 Å². The number of halogens is 1. The van der Waals surface area contributed by atoms with Gasteiger partial charge in [0.2, 0.25) is 11.8 Å². The van der Waals surface area contributed by atoms with Crippen LogP contribution in [0.1, 0.15) is 29.5 Å². The first-order valence-corrected chi connectivity index (χ1v) is 8.82. The second kappa shape index (κ2) is 7.38. The van der Waals surface area contributed by atoms with Crippen LogP contribution in [0.5, 0.6) is 0 Å². The first-order chi connectivity index (χ1) is 12.0. The van der Waals surface area contributed by atoms with Crippen molar-refractivity contribution in [2.24, 2.45) is 0 Å². The van der Waals surface area contributed by atoms with Crippen LogP contribution in [-0.2, 0) is 12.1 Å². The predicted octanol–water partition coefficient (Wildman–Crippen LogP) is 4.60. The summed E-state index contributed by atoms with van der Waals surface area (Å²) in [5.41, 5.74) is 3.93. The maximum absolute atomic E-state index is 6.22. The number of aromatic nitrogens is 2. The largest absolute Gasteiger partial charge is 0.419 e. The lowest BCUT2D eigenvalue weighted by atomic mass is 10.0. The van der Waals surface area contributed by atoms with Crippen LogP contribution in [0.3, 0.4) is 0 Å². The zero-order chi connectivity index (χ0) is 17.9. The molecule has 0 fully saturated rings. The van der Waals surface area contributed by atoms with Crippen LogP contribution in [0, 0.1) is 13.8 Å². The van der Waals surface area contributed by atoms with Gasteiger partial charge in [-0.1, -0.05) is 36.4 Å². The molecule has 1 unspecified atom stereocenters. The van der Waals surface area contributed by atoms with Crippen LogP contribution in [-0.4, -0.2) is 16.1 Å². The molecule has 3 rings (SSSR count). The lowest BCUT2D eigenvalue weighted by Gasteiger charge is -2.24. The molecule has 0 bridgehead atoms. The minimum Gasteiger partial charge on any atom is -0.419 e. The number of nitrogens with one attached hydrogen (secondary N) is 1. The van der Waals surface area contributed by atoms with E-state index < -0.39 is 5.54 Å². The van der Waals surface area contributed by atoms with E-state index in [-0.39, 0.29) is 0 Å². The van der Waals surface area contributed by atoms with Gasteiger partial charge >= 0.3 is 0 Å². The molecule has 0 saturated carbocycles. The molecule has 0 radical (unpaired) electrons. The molecular formula is C20H22ClN3O. The van der Waals surface area contributed by atoms with E-state index in [2.05, 4.69) is 53.6 Å². The van der Waals surface area contributed by atoms with Gasteiger partial charge in [0.1, 0.15) is 5.54 Å². The fourth-order valence-corrected chi connectivity index (χ4v) is 2.72. The van der Waals surface area contributed by atoms with E-state index in [0.29, 0.717) is 24.2 Å². The van der Waals surface area contributed by atoms with Gasteiger partial charge in [0.15, 0.2) is 0 Å². The molecule has 5 heteroatoms. The van der Waals surface area contributed by atoms with E-state index in [1.807, 2.05) is 31.2 Å². The molecule has 1 atom stereocenters. The Hall–Kier alpha value is -2.17. The molecular weight excluding hydrogens is 334 g/mol. The van der Waals surface area contributed by atoms with E-state index in [0.717, 1.165) is 5.56 Å². The molecule has 2 aromatic carbocycles. The Morgan fingerprint density at radius 1 is 1.04 bits per heavy atom. The van der Waals surface area contributed by atoms with Gasteiger partial charge in [0.25, 0.3) is 0 Å². The minimum absolute atomic E-state index is 0.328. The Kier molecular flexibility index (Phi) is 5.21. The van der Waals surface area contributed by atoms with Crippen molar-refractivity contribution in [3.8, 4) is 11.5 Å². The molecule has 0 aliphatic heterocycles. The average Bonchev–Trinajstić information content (AvgIpc) is 3.14. The molecule has 130 valence electrons. The number of hydrogen-bond acceptors (Lipinski definition) is 4. The van der Waals surface area contributed by atoms with Crippen LogP contribution in [0.25, 0.3) is 11.5 Å². The summed E-state index contributed by atoms with van der Waals surface area (Å²) in [6, 6.07) is 16.3. The number of rotatable bonds is 6. The molecule has 1 N–H and O–H groups in total. The third-order valence-electron chi connectivity index (χ3n) is 4.44. The summed E-state index contributed by atoms with van der Waals surface area (Å²) in [6.45, 7) is 6.79. The third kappa shape index (κ3) is 3.91. The van der Waals surface area contributed by atoms with Gasteiger partial charge < -0.3 is 4.42 Å². The molecule has 25 heavy (non-hydrogen) atoms. The van der Waals surface area contributed by atoms with Crippen molar-refractivity contribution in [2.45, 2.75) is 32.9 Å². The Balaban J connectivity index is 1.81. The van der Waals surface area contributed by atoms with Crippen LogP contribution < -0.4 is 5.32 Å². The summed E-state index contributed by atoms with van der Waals surface area (Å²) in [4.78, 5) is 0. The van der Waals surface area contributed by atoms with Crippen molar-refractivity contribution in [2.75, 3.05) is 5.88 Å². The van der Waals surface area contributed by atoms with E-state index in [1.54, 1.807) is 0 Å². The summed E-state index contributed by atoms with van der Waals surface area (Å²) in [7, 11) is 0. The highest BCUT2D eigenvalue weighted by Gasteiger charge is 2.31. The number of benzene rings is 2. The van der Waals surface area contributed by atoms with Crippen molar-refractivity contribution in [1.82, 2.24) is 15.5 Å². The summed E-state index contributed by atoms with van der Waals surface area (Å²) >= 11 is 6.22. The standard InChI is InChI=1S/C20H22ClN3O/c1-14-9-10-17(11-15(14)2)18-23-24-19(25-18)20(3,13-21)22-12-16-7-5-4-6-8-16/h4-11,22H,12-13H2,1-3H3. The second-order valence-corrected chi connectivity index (χ2v) is 6.78. The lowest BCUT2D eigenvalue weighted by Crippen LogP contribution is -2.41. The smallest absolute Gasteiger partial charge is 0.247 e. The first kappa shape index (κ1) is 17.6. The van der Waals surface area contributed by atoms with Crippen molar-refractivity contribution in [3.05, 3.63) is 71.1 Å². The molecule has 0 amide bonds. The summed E-state index contributed by atoms with van der Waals surface area (Å²) in [6.07, 6.45) is 0. The quantitative estimate of drug-likeness (QED) is 0.657. The molecule has 4 nitrogen and oxygen atoms in total. The van der Waals surface area contributed by atoms with Crippen LogP contribution in [0.15, 0.2) is 52.9 Å². The van der Waals surface area contributed by atoms with Gasteiger partial charge in [-0.25, -0.2) is 0 Å². The van der Waals surface area contributed by atoms with Gasteiger partial charge in [-0.05, 0) is 49.6 Å². The number of alkyl halides is 1. The minimum atomic E-state index is -0.595. The number of hydrogen-bond donors (Lipinski definition) is 1. The monoisotopic (exact) mass is 355 g/mol. The summed E-state index contributed by atoms with van der Waals surface area (Å²) in [5, 5.41) is 11.9.